The minimum atomic E-state index is -0.957. The first-order valence-electron chi connectivity index (χ1n) is 15.5. The van der Waals surface area contributed by atoms with Crippen molar-refractivity contribution in [2.45, 2.75) is 50.2 Å². The Labute approximate surface area is 273 Å². The van der Waals surface area contributed by atoms with Crippen molar-refractivity contribution in [3.63, 3.8) is 0 Å². The Kier molecular flexibility index (Phi) is 10.1. The molecule has 0 aliphatic carbocycles. The van der Waals surface area contributed by atoms with Crippen LogP contribution in [0.4, 0.5) is 0 Å². The maximum absolute atomic E-state index is 14.8. The van der Waals surface area contributed by atoms with Gasteiger partial charge in [-0.1, -0.05) is 91.0 Å². The van der Waals surface area contributed by atoms with Crippen LogP contribution in [0.25, 0.3) is 10.8 Å². The number of carbonyl (C=O) groups excluding carboxylic acids is 3. The molecule has 0 saturated carbocycles. The molecule has 0 radical (unpaired) electrons. The van der Waals surface area contributed by atoms with Gasteiger partial charge in [-0.15, -0.1) is 0 Å². The van der Waals surface area contributed by atoms with Gasteiger partial charge in [-0.2, -0.15) is 0 Å². The number of aliphatic imine (C=N–C) groups is 1. The van der Waals surface area contributed by atoms with Gasteiger partial charge in [-0.05, 0) is 52.3 Å². The molecule has 1 heterocycles. The number of hydrogen-bond donors (Lipinski definition) is 6. The zero-order valence-corrected chi connectivity index (χ0v) is 26.1. The molecule has 4 aromatic rings. The van der Waals surface area contributed by atoms with E-state index in [0.29, 0.717) is 18.4 Å². The Morgan fingerprint density at radius 2 is 1.55 bits per heavy atom. The second kappa shape index (κ2) is 14.6. The average molecular weight is 633 g/mol. The Bertz CT molecular complexity index is 1820. The van der Waals surface area contributed by atoms with Crippen LogP contribution in [-0.2, 0) is 33.8 Å². The van der Waals surface area contributed by atoms with Gasteiger partial charge in [0, 0.05) is 25.1 Å². The van der Waals surface area contributed by atoms with E-state index < -0.39 is 29.8 Å². The lowest BCUT2D eigenvalue weighted by atomic mass is 9.86. The molecule has 1 aliphatic rings. The van der Waals surface area contributed by atoms with E-state index in [4.69, 9.17) is 28.3 Å². The summed E-state index contributed by atoms with van der Waals surface area (Å²) in [5, 5.41) is 12.6. The second-order valence-corrected chi connectivity index (χ2v) is 11.8. The molecule has 47 heavy (non-hydrogen) atoms. The third-order valence-electron chi connectivity index (χ3n) is 8.62. The topological polar surface area (TPSA) is 207 Å². The minimum absolute atomic E-state index is 0.0370. The number of amidine groups is 1. The lowest BCUT2D eigenvalue weighted by Crippen LogP contribution is -2.57. The van der Waals surface area contributed by atoms with E-state index >= 15 is 0 Å². The predicted molar refractivity (Wildman–Crippen MR) is 183 cm³/mol. The number of primary amides is 1. The molecule has 5 rings (SSSR count). The highest BCUT2D eigenvalue weighted by Crippen LogP contribution is 2.32. The summed E-state index contributed by atoms with van der Waals surface area (Å²) in [6.45, 7) is 0.510. The third kappa shape index (κ3) is 7.93. The number of fused-ring (bicyclic) bond motifs is 2. The van der Waals surface area contributed by atoms with Crippen molar-refractivity contribution in [1.29, 1.82) is 5.41 Å². The monoisotopic (exact) mass is 632 g/mol. The number of benzene rings is 4. The summed E-state index contributed by atoms with van der Waals surface area (Å²) in [7, 11) is 0. The quantitative estimate of drug-likeness (QED) is 0.0785. The summed E-state index contributed by atoms with van der Waals surface area (Å²) in [4.78, 5) is 46.7. The van der Waals surface area contributed by atoms with E-state index in [-0.39, 0.29) is 43.6 Å². The van der Waals surface area contributed by atoms with Crippen LogP contribution in [0.2, 0.25) is 0 Å². The second-order valence-electron chi connectivity index (χ2n) is 11.8. The van der Waals surface area contributed by atoms with E-state index in [0.717, 1.165) is 33.0 Å². The van der Waals surface area contributed by atoms with Gasteiger partial charge in [0.25, 0.3) is 0 Å². The van der Waals surface area contributed by atoms with Gasteiger partial charge in [0.05, 0.1) is 5.92 Å². The van der Waals surface area contributed by atoms with Crippen LogP contribution in [0.5, 0.6) is 0 Å². The maximum Gasteiger partial charge on any atom is 0.243 e. The summed E-state index contributed by atoms with van der Waals surface area (Å²) < 4.78 is 0. The van der Waals surface area contributed by atoms with Gasteiger partial charge in [-0.3, -0.25) is 24.8 Å². The molecule has 1 unspecified atom stereocenters. The highest BCUT2D eigenvalue weighted by molar-refractivity contribution is 5.96. The van der Waals surface area contributed by atoms with Crippen molar-refractivity contribution in [3.8, 4) is 0 Å². The van der Waals surface area contributed by atoms with Gasteiger partial charge in [0.1, 0.15) is 17.9 Å². The van der Waals surface area contributed by atoms with E-state index in [1.165, 1.54) is 0 Å². The molecule has 1 aliphatic heterocycles. The molecule has 0 saturated heterocycles. The van der Waals surface area contributed by atoms with Crippen molar-refractivity contribution in [2.75, 3.05) is 6.54 Å². The first-order chi connectivity index (χ1) is 22.6. The molecule has 242 valence electrons. The number of hydrogen-bond acceptors (Lipinski definition) is 5. The Morgan fingerprint density at radius 1 is 0.872 bits per heavy atom. The van der Waals surface area contributed by atoms with Crippen molar-refractivity contribution < 1.29 is 14.4 Å². The summed E-state index contributed by atoms with van der Waals surface area (Å²) in [6.07, 6.45) is 1.31. The molecule has 0 spiro atoms. The van der Waals surface area contributed by atoms with Crippen LogP contribution in [0.15, 0.2) is 96.0 Å². The summed E-state index contributed by atoms with van der Waals surface area (Å²) in [5.74, 6) is -2.08. The summed E-state index contributed by atoms with van der Waals surface area (Å²) >= 11 is 0. The molecule has 10 N–H and O–H groups in total. The van der Waals surface area contributed by atoms with Gasteiger partial charge < -0.3 is 33.2 Å². The Morgan fingerprint density at radius 3 is 2.23 bits per heavy atom. The van der Waals surface area contributed by atoms with Crippen LogP contribution >= 0.6 is 0 Å². The highest BCUT2D eigenvalue weighted by atomic mass is 16.2. The standard InChI is InChI=1S/C36H40N8O3/c37-32(38)24-13-11-22(12-14-24)18-29(27-16-15-23-6-1-2-7-25(23)19-27)35(47)44-21-28-9-4-3-8-26(28)20-31(44)34(46)43-30(33(39)45)10-5-17-42-36(40)41/h1-4,6-9,11-16,19,29-31H,5,10,17-18,20-21H2,(H3,37,38)(H2,39,45)(H,43,46)(H4,40,41,42)/t29?,30-,31-/m0/s1. The fourth-order valence-corrected chi connectivity index (χ4v) is 6.07. The number of rotatable bonds is 12. The van der Waals surface area contributed by atoms with Crippen molar-refractivity contribution in [3.05, 3.63) is 119 Å². The van der Waals surface area contributed by atoms with Gasteiger partial charge in [-0.25, -0.2) is 0 Å². The minimum Gasteiger partial charge on any atom is -0.384 e. The number of nitrogens with zero attached hydrogens (tertiary/aromatic N) is 2. The molecule has 11 heteroatoms. The number of guanidine groups is 1. The lowest BCUT2D eigenvalue weighted by molar-refractivity contribution is -0.143. The lowest BCUT2D eigenvalue weighted by Gasteiger charge is -2.38. The first-order valence-corrected chi connectivity index (χ1v) is 15.5. The van der Waals surface area contributed by atoms with Gasteiger partial charge >= 0.3 is 0 Å². The normalized spacial score (nSPS) is 15.2. The van der Waals surface area contributed by atoms with E-state index in [1.54, 1.807) is 17.0 Å². The zero-order chi connectivity index (χ0) is 33.5. The largest absolute Gasteiger partial charge is 0.384 e. The van der Waals surface area contributed by atoms with Crippen molar-refractivity contribution in [1.82, 2.24) is 10.2 Å². The van der Waals surface area contributed by atoms with Crippen LogP contribution in [0, 0.1) is 5.41 Å². The number of nitrogens with one attached hydrogen (secondary N) is 2. The number of nitrogen functional groups attached to an aromatic ring is 1. The third-order valence-corrected chi connectivity index (χ3v) is 8.62. The molecule has 11 nitrogen and oxygen atoms in total. The van der Waals surface area contributed by atoms with Crippen molar-refractivity contribution >= 4 is 40.3 Å². The molecule has 4 aromatic carbocycles. The van der Waals surface area contributed by atoms with E-state index in [9.17, 15) is 14.4 Å². The van der Waals surface area contributed by atoms with Gasteiger partial charge in [0.15, 0.2) is 5.96 Å². The van der Waals surface area contributed by atoms with E-state index in [1.807, 2.05) is 78.9 Å². The fourth-order valence-electron chi connectivity index (χ4n) is 6.07. The SMILES string of the molecule is N=C(N)c1ccc(CC(C(=O)N2Cc3ccccc3C[C@H]2C(=O)N[C@@H](CCCN=C(N)N)C(N)=O)c2ccc3ccccc3c2)cc1. The van der Waals surface area contributed by atoms with Crippen LogP contribution < -0.4 is 28.3 Å². The van der Waals surface area contributed by atoms with Crippen molar-refractivity contribution in [2.24, 2.45) is 27.9 Å². The molecule has 0 fully saturated rings. The smallest absolute Gasteiger partial charge is 0.243 e. The van der Waals surface area contributed by atoms with Crippen LogP contribution in [0.3, 0.4) is 0 Å². The highest BCUT2D eigenvalue weighted by Gasteiger charge is 2.39. The Hall–Kier alpha value is -5.71. The predicted octanol–water partition coefficient (Wildman–Crippen LogP) is 2.43. The Balaban J connectivity index is 1.49. The van der Waals surface area contributed by atoms with E-state index in [2.05, 4.69) is 10.3 Å². The fraction of sp³-hybridized carbons (Fsp3) is 0.250. The molecular weight excluding hydrogens is 592 g/mol. The molecule has 3 amide bonds. The number of amides is 3. The number of nitrogens with two attached hydrogens (primary N) is 4. The summed E-state index contributed by atoms with van der Waals surface area (Å²) in [6, 6.07) is 27.1. The van der Waals surface area contributed by atoms with Crippen LogP contribution in [-0.4, -0.2) is 53.0 Å². The summed E-state index contributed by atoms with van der Waals surface area (Å²) in [5.41, 5.74) is 26.4. The number of carbonyl (C=O) groups is 3. The zero-order valence-electron chi connectivity index (χ0n) is 26.1. The average Bonchev–Trinajstić information content (AvgIpc) is 3.07. The molecular formula is C36H40N8O3. The maximum atomic E-state index is 14.8. The first kappa shape index (κ1) is 32.7. The van der Waals surface area contributed by atoms with Crippen LogP contribution in [0.1, 0.15) is 46.6 Å². The molecule has 3 atom stereocenters. The molecule has 0 aromatic heterocycles. The molecule has 0 bridgehead atoms. The van der Waals surface area contributed by atoms with Gasteiger partial charge in [0.2, 0.25) is 17.7 Å².